The number of hydrogen-bond acceptors (Lipinski definition) is 8. The summed E-state index contributed by atoms with van der Waals surface area (Å²) in [5.41, 5.74) is -0.369. The maximum absolute atomic E-state index is 12.3. The lowest BCUT2D eigenvalue weighted by atomic mass is 10.1. The van der Waals surface area contributed by atoms with Gasteiger partial charge in [0.15, 0.2) is 0 Å². The van der Waals surface area contributed by atoms with Gasteiger partial charge in [0, 0.05) is 12.1 Å². The van der Waals surface area contributed by atoms with Crippen LogP contribution in [0.4, 0.5) is 5.69 Å². The highest BCUT2D eigenvalue weighted by atomic mass is 16.6. The highest BCUT2D eigenvalue weighted by Gasteiger charge is 2.34. The summed E-state index contributed by atoms with van der Waals surface area (Å²) in [7, 11) is 1.10. The molecule has 0 radical (unpaired) electrons. The van der Waals surface area contributed by atoms with E-state index in [0.717, 1.165) is 30.2 Å². The van der Waals surface area contributed by atoms with Crippen molar-refractivity contribution in [3.8, 4) is 0 Å². The van der Waals surface area contributed by atoms with Crippen LogP contribution in [0.3, 0.4) is 0 Å². The normalized spacial score (nSPS) is 12.5. The first kappa shape index (κ1) is 19.7. The third-order valence-corrected chi connectivity index (χ3v) is 4.21. The lowest BCUT2D eigenvalue weighted by Crippen LogP contribution is -2.33. The topological polar surface area (TPSA) is 133 Å². The highest BCUT2D eigenvalue weighted by molar-refractivity contribution is 6.21. The SMILES string of the molecule is COC(=O)c1cc(C(=O)OCCN2C(=O)c3ccccc3C2=O)cc([N+](=O)[O-])c1. The maximum atomic E-state index is 12.3. The summed E-state index contributed by atoms with van der Waals surface area (Å²) in [5.74, 6) is -2.79. The lowest BCUT2D eigenvalue weighted by Gasteiger charge is -2.14. The van der Waals surface area contributed by atoms with Crippen molar-refractivity contribution in [1.82, 2.24) is 4.90 Å². The molecule has 0 aromatic heterocycles. The fraction of sp³-hybridized carbons (Fsp3) is 0.158. The number of methoxy groups -OCH3 is 1. The van der Waals surface area contributed by atoms with Crippen molar-refractivity contribution in [2.75, 3.05) is 20.3 Å². The van der Waals surface area contributed by atoms with Crippen LogP contribution in [-0.4, -0.2) is 53.8 Å². The molecule has 10 heteroatoms. The second-order valence-corrected chi connectivity index (χ2v) is 5.96. The molecule has 2 aromatic carbocycles. The third-order valence-electron chi connectivity index (χ3n) is 4.21. The number of rotatable bonds is 6. The molecule has 10 nitrogen and oxygen atoms in total. The zero-order chi connectivity index (χ0) is 21.1. The number of nitro groups is 1. The fourth-order valence-corrected chi connectivity index (χ4v) is 2.83. The molecule has 0 atom stereocenters. The van der Waals surface area contributed by atoms with E-state index >= 15 is 0 Å². The number of fused-ring (bicyclic) bond motifs is 1. The van der Waals surface area contributed by atoms with Gasteiger partial charge in [-0.1, -0.05) is 12.1 Å². The predicted molar refractivity (Wildman–Crippen MR) is 96.5 cm³/mol. The first-order valence-electron chi connectivity index (χ1n) is 8.33. The first-order chi connectivity index (χ1) is 13.8. The van der Waals surface area contributed by atoms with Gasteiger partial charge in [0.05, 0.1) is 40.8 Å². The highest BCUT2D eigenvalue weighted by Crippen LogP contribution is 2.22. The fourth-order valence-electron chi connectivity index (χ4n) is 2.83. The molecule has 1 aliphatic heterocycles. The number of esters is 2. The van der Waals surface area contributed by atoms with Gasteiger partial charge in [-0.05, 0) is 18.2 Å². The third kappa shape index (κ3) is 3.81. The van der Waals surface area contributed by atoms with Crippen LogP contribution in [-0.2, 0) is 9.47 Å². The molecule has 148 valence electrons. The van der Waals surface area contributed by atoms with E-state index in [1.54, 1.807) is 12.1 Å². The number of nitro benzene ring substituents is 1. The lowest BCUT2D eigenvalue weighted by molar-refractivity contribution is -0.384. The van der Waals surface area contributed by atoms with Crippen molar-refractivity contribution < 1.29 is 33.6 Å². The second-order valence-electron chi connectivity index (χ2n) is 5.96. The van der Waals surface area contributed by atoms with Crippen molar-refractivity contribution in [2.24, 2.45) is 0 Å². The number of hydrogen-bond donors (Lipinski definition) is 0. The summed E-state index contributed by atoms with van der Waals surface area (Å²) in [6, 6.07) is 9.35. The number of benzene rings is 2. The number of carbonyl (C=O) groups excluding carboxylic acids is 4. The molecule has 0 spiro atoms. The molecule has 2 aromatic rings. The Bertz CT molecular complexity index is 1010. The molecule has 1 heterocycles. The summed E-state index contributed by atoms with van der Waals surface area (Å²) < 4.78 is 9.54. The standard InChI is InChI=1S/C19H14N2O8/c1-28-18(24)11-8-12(10-13(9-11)21(26)27)19(25)29-7-6-20-16(22)14-4-2-3-5-15(14)17(20)23/h2-5,8-10H,6-7H2,1H3. The monoisotopic (exact) mass is 398 g/mol. The zero-order valence-electron chi connectivity index (χ0n) is 15.1. The Hall–Kier alpha value is -4.08. The van der Waals surface area contributed by atoms with E-state index in [4.69, 9.17) is 4.74 Å². The number of carbonyl (C=O) groups is 4. The van der Waals surface area contributed by atoms with Crippen LogP contribution < -0.4 is 0 Å². The molecule has 2 amide bonds. The molecule has 0 aliphatic carbocycles. The predicted octanol–water partition coefficient (Wildman–Crippen LogP) is 1.83. The average molecular weight is 398 g/mol. The van der Waals surface area contributed by atoms with E-state index in [0.29, 0.717) is 0 Å². The van der Waals surface area contributed by atoms with Crippen LogP contribution in [0, 0.1) is 10.1 Å². The largest absolute Gasteiger partial charge is 0.465 e. The van der Waals surface area contributed by atoms with Crippen molar-refractivity contribution in [1.29, 1.82) is 0 Å². The van der Waals surface area contributed by atoms with Gasteiger partial charge < -0.3 is 9.47 Å². The molecule has 29 heavy (non-hydrogen) atoms. The summed E-state index contributed by atoms with van der Waals surface area (Å²) in [4.78, 5) is 59.6. The molecule has 1 aliphatic rings. The van der Waals surface area contributed by atoms with Gasteiger partial charge >= 0.3 is 11.9 Å². The van der Waals surface area contributed by atoms with Crippen molar-refractivity contribution in [3.63, 3.8) is 0 Å². The smallest absolute Gasteiger partial charge is 0.338 e. The van der Waals surface area contributed by atoms with Crippen molar-refractivity contribution >= 4 is 29.4 Å². The number of amides is 2. The molecule has 0 saturated heterocycles. The van der Waals surface area contributed by atoms with Crippen LogP contribution in [0.1, 0.15) is 41.4 Å². The van der Waals surface area contributed by atoms with Crippen molar-refractivity contribution in [3.05, 3.63) is 74.8 Å². The minimum Gasteiger partial charge on any atom is -0.465 e. The molecular formula is C19H14N2O8. The molecular weight excluding hydrogens is 384 g/mol. The Kier molecular flexibility index (Phi) is 5.35. The van der Waals surface area contributed by atoms with Gasteiger partial charge in [-0.25, -0.2) is 9.59 Å². The van der Waals surface area contributed by atoms with E-state index in [9.17, 15) is 29.3 Å². The second kappa shape index (κ2) is 7.89. The minimum absolute atomic E-state index is 0.184. The van der Waals surface area contributed by atoms with Gasteiger partial charge in [-0.2, -0.15) is 0 Å². The van der Waals surface area contributed by atoms with Gasteiger partial charge in [-0.15, -0.1) is 0 Å². The molecule has 0 bridgehead atoms. The van der Waals surface area contributed by atoms with E-state index in [-0.39, 0.29) is 35.4 Å². The Balaban J connectivity index is 1.69. The van der Waals surface area contributed by atoms with Crippen LogP contribution in [0.25, 0.3) is 0 Å². The minimum atomic E-state index is -0.949. The Morgan fingerprint density at radius 3 is 2.07 bits per heavy atom. The van der Waals surface area contributed by atoms with Crippen molar-refractivity contribution in [2.45, 2.75) is 0 Å². The summed E-state index contributed by atoms with van der Waals surface area (Å²) in [6.45, 7) is -0.503. The summed E-state index contributed by atoms with van der Waals surface area (Å²) in [5, 5.41) is 11.0. The number of imide groups is 1. The molecule has 0 fully saturated rings. The van der Waals surface area contributed by atoms with Gasteiger partial charge in [-0.3, -0.25) is 24.6 Å². The Morgan fingerprint density at radius 1 is 1.00 bits per heavy atom. The van der Waals surface area contributed by atoms with E-state index in [2.05, 4.69) is 4.74 Å². The van der Waals surface area contributed by atoms with Gasteiger partial charge in [0.25, 0.3) is 17.5 Å². The zero-order valence-corrected chi connectivity index (χ0v) is 15.1. The van der Waals surface area contributed by atoms with Crippen LogP contribution in [0.15, 0.2) is 42.5 Å². The Morgan fingerprint density at radius 2 is 1.55 bits per heavy atom. The number of non-ortho nitro benzene ring substituents is 1. The molecule has 0 N–H and O–H groups in total. The van der Waals surface area contributed by atoms with Crippen LogP contribution >= 0.6 is 0 Å². The van der Waals surface area contributed by atoms with Gasteiger partial charge in [0.2, 0.25) is 0 Å². The summed E-state index contributed by atoms with van der Waals surface area (Å²) in [6.07, 6.45) is 0. The maximum Gasteiger partial charge on any atom is 0.338 e. The van der Waals surface area contributed by atoms with E-state index in [1.165, 1.54) is 12.1 Å². The van der Waals surface area contributed by atoms with E-state index in [1.807, 2.05) is 0 Å². The molecule has 0 saturated carbocycles. The Labute approximate surface area is 163 Å². The summed E-state index contributed by atoms with van der Waals surface area (Å²) >= 11 is 0. The van der Waals surface area contributed by atoms with Gasteiger partial charge in [0.1, 0.15) is 6.61 Å². The van der Waals surface area contributed by atoms with Crippen LogP contribution in [0.5, 0.6) is 0 Å². The quantitative estimate of drug-likeness (QED) is 0.311. The first-order valence-corrected chi connectivity index (χ1v) is 8.33. The van der Waals surface area contributed by atoms with Crippen LogP contribution in [0.2, 0.25) is 0 Å². The molecule has 3 rings (SSSR count). The molecule has 0 unspecified atom stereocenters. The van der Waals surface area contributed by atoms with E-state index < -0.39 is 34.4 Å². The number of ether oxygens (including phenoxy) is 2. The average Bonchev–Trinajstić information content (AvgIpc) is 2.97. The number of nitrogens with zero attached hydrogens (tertiary/aromatic N) is 2.